The fourth-order valence-corrected chi connectivity index (χ4v) is 9.36. The molecule has 1 saturated heterocycles. The maximum atomic E-state index is 15.0. The molecule has 0 aliphatic carbocycles. The number of fused-ring (bicyclic) bond motifs is 1. The van der Waals surface area contributed by atoms with Crippen LogP contribution in [0.4, 0.5) is 0 Å². The maximum Gasteiger partial charge on any atom is 0.358 e. The van der Waals surface area contributed by atoms with Gasteiger partial charge in [0.15, 0.2) is 14.0 Å². The normalized spacial score (nSPS) is 21.0. The summed E-state index contributed by atoms with van der Waals surface area (Å²) in [6, 6.07) is 26.9. The second-order valence-corrected chi connectivity index (χ2v) is 20.3. The molecular weight excluding hydrogens is 589 g/mol. The minimum atomic E-state index is -3.74. The Kier molecular flexibility index (Phi) is 8.82. The SMILES string of the molecule is CC(O[Si](C)(C)C(C)(C)C)[C@H]1C(=O)N2C(C(=O)OCc3ccccc3)=C(OP(=O)(c3ccccc3)c3ccccc3)[C@H](C)[C@H]12. The molecule has 0 radical (unpaired) electrons. The van der Waals surface area contributed by atoms with Gasteiger partial charge in [-0.3, -0.25) is 14.3 Å². The molecule has 0 bridgehead atoms. The fraction of sp³-hybridized carbons (Fsp3) is 0.371. The van der Waals surface area contributed by atoms with Crippen molar-refractivity contribution in [3.8, 4) is 0 Å². The van der Waals surface area contributed by atoms with Gasteiger partial charge in [0.25, 0.3) is 0 Å². The summed E-state index contributed by atoms with van der Waals surface area (Å²) in [6.45, 7) is 14.7. The van der Waals surface area contributed by atoms with E-state index in [4.69, 9.17) is 13.7 Å². The van der Waals surface area contributed by atoms with E-state index in [1.807, 2.05) is 80.6 Å². The lowest BCUT2D eigenvalue weighted by Crippen LogP contribution is -2.65. The predicted molar refractivity (Wildman–Crippen MR) is 175 cm³/mol. The summed E-state index contributed by atoms with van der Waals surface area (Å²) < 4.78 is 34.0. The molecular formula is C35H42NO6PSi. The molecule has 1 amide bonds. The number of esters is 1. The van der Waals surface area contributed by atoms with Gasteiger partial charge in [-0.1, -0.05) is 94.4 Å². The molecule has 3 aromatic carbocycles. The Balaban J connectivity index is 1.54. The highest BCUT2D eigenvalue weighted by molar-refractivity contribution is 7.74. The zero-order chi connectivity index (χ0) is 31.9. The number of nitrogens with zero attached hydrogens (tertiary/aromatic N) is 1. The van der Waals surface area contributed by atoms with Crippen LogP contribution in [0.1, 0.15) is 40.2 Å². The molecule has 2 aliphatic heterocycles. The van der Waals surface area contributed by atoms with Gasteiger partial charge in [-0.25, -0.2) is 4.79 Å². The van der Waals surface area contributed by atoms with Crippen molar-refractivity contribution >= 4 is 38.2 Å². The van der Waals surface area contributed by atoms with Crippen molar-refractivity contribution in [1.29, 1.82) is 0 Å². The number of hydrogen-bond donors (Lipinski definition) is 0. The average Bonchev–Trinajstić information content (AvgIpc) is 3.23. The van der Waals surface area contributed by atoms with Gasteiger partial charge in [-0.2, -0.15) is 0 Å². The number of amides is 1. The van der Waals surface area contributed by atoms with Crippen LogP contribution < -0.4 is 10.6 Å². The largest absolute Gasteiger partial charge is 0.456 e. The molecule has 232 valence electrons. The van der Waals surface area contributed by atoms with E-state index in [2.05, 4.69) is 33.9 Å². The summed E-state index contributed by atoms with van der Waals surface area (Å²) in [5, 5.41) is 0.954. The van der Waals surface area contributed by atoms with Gasteiger partial charge >= 0.3 is 13.3 Å². The standard InChI is InChI=1S/C35H42NO6PSi/c1-24-30-29(25(2)42-44(6,7)35(3,4)5)33(37)36(30)31(34(38)40-23-26-17-11-8-12-18-26)32(24)41-43(39,27-19-13-9-14-20-27)28-21-15-10-16-22-28/h8-22,24-25,29-30H,23H2,1-7H3/t24-,25?,29-,30-/m1/s1. The van der Waals surface area contributed by atoms with Crippen molar-refractivity contribution in [2.75, 3.05) is 0 Å². The van der Waals surface area contributed by atoms with E-state index in [0.717, 1.165) is 5.56 Å². The Morgan fingerprint density at radius 1 is 0.909 bits per heavy atom. The van der Waals surface area contributed by atoms with Crippen LogP contribution in [0.25, 0.3) is 0 Å². The first-order chi connectivity index (χ1) is 20.8. The molecule has 0 N–H and O–H groups in total. The number of ether oxygens (including phenoxy) is 1. The van der Waals surface area contributed by atoms with Crippen LogP contribution in [0, 0.1) is 11.8 Å². The summed E-state index contributed by atoms with van der Waals surface area (Å²) in [5.74, 6) is -1.60. The lowest BCUT2D eigenvalue weighted by atomic mass is 9.79. The molecule has 1 fully saturated rings. The van der Waals surface area contributed by atoms with Crippen molar-refractivity contribution in [1.82, 2.24) is 4.90 Å². The highest BCUT2D eigenvalue weighted by atomic mass is 31.2. The van der Waals surface area contributed by atoms with Crippen LogP contribution in [-0.4, -0.2) is 37.2 Å². The van der Waals surface area contributed by atoms with Crippen LogP contribution in [-0.2, 0) is 34.4 Å². The highest BCUT2D eigenvalue weighted by Crippen LogP contribution is 2.55. The van der Waals surface area contributed by atoms with Crippen molar-refractivity contribution in [2.24, 2.45) is 11.8 Å². The molecule has 2 aliphatic rings. The summed E-state index contributed by atoms with van der Waals surface area (Å²) >= 11 is 0. The first-order valence-electron chi connectivity index (χ1n) is 15.1. The number of benzene rings is 3. The van der Waals surface area contributed by atoms with Gasteiger partial charge in [0.1, 0.15) is 12.4 Å². The summed E-state index contributed by atoms with van der Waals surface area (Å²) in [6.07, 6.45) is -0.372. The third kappa shape index (κ3) is 5.83. The molecule has 0 spiro atoms. The average molecular weight is 632 g/mol. The first kappa shape index (κ1) is 32.0. The van der Waals surface area contributed by atoms with E-state index in [-0.39, 0.29) is 35.1 Å². The van der Waals surface area contributed by atoms with Crippen molar-refractivity contribution in [3.63, 3.8) is 0 Å². The van der Waals surface area contributed by atoms with Crippen molar-refractivity contribution < 1.29 is 27.8 Å². The minimum absolute atomic E-state index is 0.0197. The van der Waals surface area contributed by atoms with Gasteiger partial charge in [-0.15, -0.1) is 0 Å². The van der Waals surface area contributed by atoms with Crippen LogP contribution in [0.2, 0.25) is 18.1 Å². The Hall–Kier alpha value is -3.45. The number of hydrogen-bond acceptors (Lipinski definition) is 6. The monoisotopic (exact) mass is 631 g/mol. The molecule has 3 aromatic rings. The van der Waals surface area contributed by atoms with E-state index in [9.17, 15) is 14.2 Å². The highest BCUT2D eigenvalue weighted by Gasteiger charge is 2.62. The van der Waals surface area contributed by atoms with E-state index >= 15 is 0 Å². The van der Waals surface area contributed by atoms with Crippen LogP contribution in [0.15, 0.2) is 102 Å². The second kappa shape index (κ2) is 12.1. The number of carbonyl (C=O) groups excluding carboxylic acids is 2. The fourth-order valence-electron chi connectivity index (χ4n) is 5.77. The molecule has 0 aromatic heterocycles. The predicted octanol–water partition coefficient (Wildman–Crippen LogP) is 6.77. The Labute approximate surface area is 261 Å². The Bertz CT molecular complexity index is 1540. The number of rotatable bonds is 10. The molecule has 44 heavy (non-hydrogen) atoms. The van der Waals surface area contributed by atoms with Gasteiger partial charge in [-0.05, 0) is 54.9 Å². The second-order valence-electron chi connectivity index (χ2n) is 13.2. The Morgan fingerprint density at radius 3 is 1.91 bits per heavy atom. The van der Waals surface area contributed by atoms with Gasteiger partial charge in [0, 0.05) is 5.92 Å². The molecule has 4 atom stereocenters. The van der Waals surface area contributed by atoms with Gasteiger partial charge in [0.05, 0.1) is 28.7 Å². The van der Waals surface area contributed by atoms with Gasteiger partial charge in [0.2, 0.25) is 5.91 Å². The van der Waals surface area contributed by atoms with Crippen LogP contribution >= 0.6 is 7.37 Å². The van der Waals surface area contributed by atoms with Gasteiger partial charge < -0.3 is 13.7 Å². The lowest BCUT2D eigenvalue weighted by Gasteiger charge is -2.49. The molecule has 2 heterocycles. The van der Waals surface area contributed by atoms with Crippen LogP contribution in [0.3, 0.4) is 0 Å². The first-order valence-corrected chi connectivity index (χ1v) is 19.7. The molecule has 0 saturated carbocycles. The molecule has 1 unspecified atom stereocenters. The Morgan fingerprint density at radius 2 is 1.41 bits per heavy atom. The van der Waals surface area contributed by atoms with Crippen molar-refractivity contribution in [2.45, 2.75) is 71.5 Å². The van der Waals surface area contributed by atoms with E-state index < -0.39 is 39.5 Å². The van der Waals surface area contributed by atoms with E-state index in [1.165, 1.54) is 4.90 Å². The third-order valence-electron chi connectivity index (χ3n) is 9.21. The third-order valence-corrected chi connectivity index (χ3v) is 16.2. The zero-order valence-electron chi connectivity index (χ0n) is 26.5. The smallest absolute Gasteiger partial charge is 0.358 e. The quantitative estimate of drug-likeness (QED) is 0.106. The maximum absolute atomic E-state index is 15.0. The van der Waals surface area contributed by atoms with Crippen molar-refractivity contribution in [3.05, 3.63) is 108 Å². The summed E-state index contributed by atoms with van der Waals surface area (Å²) in [5.41, 5.74) is 0.834. The van der Waals surface area contributed by atoms with Crippen LogP contribution in [0.5, 0.6) is 0 Å². The number of carbonyl (C=O) groups is 2. The summed E-state index contributed by atoms with van der Waals surface area (Å²) in [7, 11) is -5.93. The topological polar surface area (TPSA) is 82.1 Å². The molecule has 5 rings (SSSR count). The minimum Gasteiger partial charge on any atom is -0.456 e. The zero-order valence-corrected chi connectivity index (χ0v) is 28.4. The molecule has 9 heteroatoms. The van der Waals surface area contributed by atoms with E-state index in [1.54, 1.807) is 24.3 Å². The number of β-lactam (4-membered cyclic amide) rings is 1. The molecule has 7 nitrogen and oxygen atoms in total. The summed E-state index contributed by atoms with van der Waals surface area (Å²) in [4.78, 5) is 29.2. The lowest BCUT2D eigenvalue weighted by molar-refractivity contribution is -0.163. The van der Waals surface area contributed by atoms with E-state index in [0.29, 0.717) is 10.6 Å².